The number of ether oxygens (including phenoxy) is 1. The predicted molar refractivity (Wildman–Crippen MR) is 89.9 cm³/mol. The van der Waals surface area contributed by atoms with Crippen LogP contribution in [0.5, 0.6) is 0 Å². The van der Waals surface area contributed by atoms with Gasteiger partial charge in [0, 0.05) is 33.4 Å². The van der Waals surface area contributed by atoms with Crippen LogP contribution in [0.4, 0.5) is 0 Å². The maximum Gasteiger partial charge on any atom is 0.190 e. The third kappa shape index (κ3) is 8.94. The molecule has 0 amide bonds. The maximum atomic E-state index is 5.33. The summed E-state index contributed by atoms with van der Waals surface area (Å²) in [5.74, 6) is 1.80. The van der Waals surface area contributed by atoms with Crippen LogP contribution in [-0.4, -0.2) is 64.3 Å². The Hall–Kier alpha value is -0.810. The molecule has 5 heteroatoms. The Morgan fingerprint density at radius 1 is 1.19 bits per heavy atom. The smallest absolute Gasteiger partial charge is 0.190 e. The minimum atomic E-state index is 0.813. The Bertz CT molecular complexity index is 275. The zero-order valence-electron chi connectivity index (χ0n) is 14.2. The zero-order chi connectivity index (χ0) is 15.3. The molecular formula is C16H34N4O. The summed E-state index contributed by atoms with van der Waals surface area (Å²) >= 11 is 0. The Balaban J connectivity index is 2.01. The lowest BCUT2D eigenvalue weighted by Gasteiger charge is -2.29. The number of nitrogens with one attached hydrogen (secondary N) is 2. The molecule has 124 valence electrons. The highest BCUT2D eigenvalue weighted by molar-refractivity contribution is 5.79. The summed E-state index contributed by atoms with van der Waals surface area (Å²) in [5.41, 5.74) is 0. The average Bonchev–Trinajstić information content (AvgIpc) is 2.50. The molecule has 0 unspecified atom stereocenters. The van der Waals surface area contributed by atoms with E-state index in [-0.39, 0.29) is 0 Å². The summed E-state index contributed by atoms with van der Waals surface area (Å²) < 4.78 is 5.33. The third-order valence-corrected chi connectivity index (χ3v) is 4.12. The van der Waals surface area contributed by atoms with E-state index in [2.05, 4.69) is 27.6 Å². The molecule has 1 aliphatic heterocycles. The average molecular weight is 298 g/mol. The number of rotatable bonds is 9. The third-order valence-electron chi connectivity index (χ3n) is 4.12. The fraction of sp³-hybridized carbons (Fsp3) is 0.938. The topological polar surface area (TPSA) is 48.9 Å². The van der Waals surface area contributed by atoms with Crippen molar-refractivity contribution in [3.05, 3.63) is 0 Å². The predicted octanol–water partition coefficient (Wildman–Crippen LogP) is 1.70. The molecule has 1 saturated heterocycles. The van der Waals surface area contributed by atoms with Crippen LogP contribution >= 0.6 is 0 Å². The van der Waals surface area contributed by atoms with Crippen LogP contribution in [0.2, 0.25) is 0 Å². The lowest BCUT2D eigenvalue weighted by atomic mass is 9.94. The monoisotopic (exact) mass is 298 g/mol. The van der Waals surface area contributed by atoms with E-state index in [4.69, 9.17) is 4.74 Å². The van der Waals surface area contributed by atoms with Crippen molar-refractivity contribution in [2.24, 2.45) is 10.9 Å². The normalized spacial score (nSPS) is 18.0. The molecule has 0 aliphatic carbocycles. The lowest BCUT2D eigenvalue weighted by molar-refractivity contribution is 0.143. The summed E-state index contributed by atoms with van der Waals surface area (Å²) in [7, 11) is 4.05. The number of likely N-dealkylation sites (tertiary alicyclic amines) is 1. The van der Waals surface area contributed by atoms with Crippen molar-refractivity contribution in [1.29, 1.82) is 0 Å². The number of aliphatic imine (C=N–C) groups is 1. The highest BCUT2D eigenvalue weighted by atomic mass is 16.5. The van der Waals surface area contributed by atoms with Crippen molar-refractivity contribution in [3.63, 3.8) is 0 Å². The first-order valence-corrected chi connectivity index (χ1v) is 8.47. The van der Waals surface area contributed by atoms with Crippen molar-refractivity contribution in [3.8, 4) is 0 Å². The maximum absolute atomic E-state index is 5.33. The molecule has 1 fully saturated rings. The Labute approximate surface area is 130 Å². The number of nitrogens with zero attached hydrogens (tertiary/aromatic N) is 2. The summed E-state index contributed by atoms with van der Waals surface area (Å²) in [6.45, 7) is 8.19. The molecule has 21 heavy (non-hydrogen) atoms. The number of hydrogen-bond acceptors (Lipinski definition) is 3. The highest BCUT2D eigenvalue weighted by Gasteiger charge is 2.15. The van der Waals surface area contributed by atoms with E-state index in [1.54, 1.807) is 0 Å². The summed E-state index contributed by atoms with van der Waals surface area (Å²) in [6.07, 6.45) is 6.14. The van der Waals surface area contributed by atoms with Crippen LogP contribution in [0.15, 0.2) is 4.99 Å². The van der Waals surface area contributed by atoms with Crippen LogP contribution in [0, 0.1) is 5.92 Å². The molecule has 2 N–H and O–H groups in total. The second kappa shape index (κ2) is 11.8. The van der Waals surface area contributed by atoms with Crippen molar-refractivity contribution in [2.45, 2.75) is 39.0 Å². The largest absolute Gasteiger partial charge is 0.382 e. The molecule has 5 nitrogen and oxygen atoms in total. The van der Waals surface area contributed by atoms with Gasteiger partial charge in [-0.2, -0.15) is 0 Å². The van der Waals surface area contributed by atoms with Gasteiger partial charge in [-0.1, -0.05) is 0 Å². The van der Waals surface area contributed by atoms with Crippen LogP contribution in [0.25, 0.3) is 0 Å². The molecule has 0 aromatic carbocycles. The van der Waals surface area contributed by atoms with Gasteiger partial charge in [0.15, 0.2) is 5.96 Å². The van der Waals surface area contributed by atoms with Crippen molar-refractivity contribution < 1.29 is 4.74 Å². The van der Waals surface area contributed by atoms with Crippen LogP contribution < -0.4 is 10.6 Å². The second-order valence-electron chi connectivity index (χ2n) is 5.87. The van der Waals surface area contributed by atoms with Gasteiger partial charge in [-0.3, -0.25) is 4.99 Å². The number of piperidine rings is 1. The molecule has 0 aromatic heterocycles. The van der Waals surface area contributed by atoms with Gasteiger partial charge in [-0.15, -0.1) is 0 Å². The van der Waals surface area contributed by atoms with Crippen LogP contribution in [-0.2, 0) is 4.74 Å². The first kappa shape index (κ1) is 18.2. The molecule has 1 aliphatic rings. The van der Waals surface area contributed by atoms with Gasteiger partial charge in [0.1, 0.15) is 0 Å². The van der Waals surface area contributed by atoms with E-state index in [0.717, 1.165) is 51.0 Å². The fourth-order valence-corrected chi connectivity index (χ4v) is 2.65. The molecule has 1 heterocycles. The summed E-state index contributed by atoms with van der Waals surface area (Å²) in [6, 6.07) is 0. The first-order chi connectivity index (χ1) is 10.3. The van der Waals surface area contributed by atoms with Gasteiger partial charge in [0.05, 0.1) is 0 Å². The summed E-state index contributed by atoms with van der Waals surface area (Å²) in [4.78, 5) is 6.69. The number of guanidine groups is 1. The minimum Gasteiger partial charge on any atom is -0.382 e. The van der Waals surface area contributed by atoms with Crippen molar-refractivity contribution in [2.75, 3.05) is 53.5 Å². The molecule has 1 rings (SSSR count). The van der Waals surface area contributed by atoms with Gasteiger partial charge in [-0.05, 0) is 65.1 Å². The van der Waals surface area contributed by atoms with Crippen LogP contribution in [0.3, 0.4) is 0 Å². The van der Waals surface area contributed by atoms with Gasteiger partial charge >= 0.3 is 0 Å². The lowest BCUT2D eigenvalue weighted by Crippen LogP contribution is -2.39. The quantitative estimate of drug-likeness (QED) is 0.386. The van der Waals surface area contributed by atoms with Gasteiger partial charge in [0.2, 0.25) is 0 Å². The molecule has 0 saturated carbocycles. The van der Waals surface area contributed by atoms with E-state index in [1.807, 2.05) is 14.0 Å². The Morgan fingerprint density at radius 2 is 1.90 bits per heavy atom. The molecule has 0 radical (unpaired) electrons. The summed E-state index contributed by atoms with van der Waals surface area (Å²) in [5, 5.41) is 6.79. The molecule has 0 bridgehead atoms. The van der Waals surface area contributed by atoms with Crippen molar-refractivity contribution >= 4 is 5.96 Å². The molecule has 0 spiro atoms. The van der Waals surface area contributed by atoms with Gasteiger partial charge in [-0.25, -0.2) is 0 Å². The Kier molecular flexibility index (Phi) is 10.3. The fourth-order valence-electron chi connectivity index (χ4n) is 2.65. The second-order valence-corrected chi connectivity index (χ2v) is 5.87. The molecule has 0 atom stereocenters. The van der Waals surface area contributed by atoms with Gasteiger partial charge < -0.3 is 20.3 Å². The Morgan fingerprint density at radius 3 is 2.57 bits per heavy atom. The van der Waals surface area contributed by atoms with Crippen molar-refractivity contribution in [1.82, 2.24) is 15.5 Å². The number of hydrogen-bond donors (Lipinski definition) is 2. The van der Waals surface area contributed by atoms with Crippen LogP contribution in [0.1, 0.15) is 39.0 Å². The van der Waals surface area contributed by atoms with E-state index in [1.165, 1.54) is 32.4 Å². The van der Waals surface area contributed by atoms with E-state index in [9.17, 15) is 0 Å². The van der Waals surface area contributed by atoms with E-state index >= 15 is 0 Å². The van der Waals surface area contributed by atoms with E-state index in [0.29, 0.717) is 0 Å². The highest BCUT2D eigenvalue weighted by Crippen LogP contribution is 2.18. The standard InChI is InChI=1S/C16H34N4O/c1-4-21-14-6-5-10-18-16(17-2)19-11-7-15-8-12-20(3)13-9-15/h15H,4-14H2,1-3H3,(H2,17,18,19). The van der Waals surface area contributed by atoms with E-state index < -0.39 is 0 Å². The van der Waals surface area contributed by atoms with Gasteiger partial charge in [0.25, 0.3) is 0 Å². The molecule has 0 aromatic rings. The number of unbranched alkanes of at least 4 members (excludes halogenated alkanes) is 1. The molecular weight excluding hydrogens is 264 g/mol. The SMILES string of the molecule is CCOCCCCNC(=NC)NCCC1CCN(C)CC1. The first-order valence-electron chi connectivity index (χ1n) is 8.47. The minimum absolute atomic E-state index is 0.813. The zero-order valence-corrected chi connectivity index (χ0v) is 14.2.